The lowest BCUT2D eigenvalue weighted by molar-refractivity contribution is 0.438. The number of benzene rings is 1. The van der Waals surface area contributed by atoms with Crippen molar-refractivity contribution in [1.29, 1.82) is 5.26 Å². The number of aromatic hydroxyl groups is 1. The summed E-state index contributed by atoms with van der Waals surface area (Å²) in [5.41, 5.74) is 1.21. The van der Waals surface area contributed by atoms with E-state index in [9.17, 15) is 5.11 Å². The Morgan fingerprint density at radius 1 is 1.25 bits per heavy atom. The van der Waals surface area contributed by atoms with Crippen molar-refractivity contribution in [3.05, 3.63) is 53.5 Å². The molecule has 0 aliphatic heterocycles. The fourth-order valence-electron chi connectivity index (χ4n) is 1.96. The van der Waals surface area contributed by atoms with Crippen molar-refractivity contribution in [3.8, 4) is 11.8 Å². The molecular formula is C16H18N2O2. The Labute approximate surface area is 118 Å². The first kappa shape index (κ1) is 14.2. The summed E-state index contributed by atoms with van der Waals surface area (Å²) in [5.74, 6) is 1.42. The molecule has 4 heteroatoms. The van der Waals surface area contributed by atoms with Crippen molar-refractivity contribution in [2.75, 3.05) is 0 Å². The summed E-state index contributed by atoms with van der Waals surface area (Å²) in [5, 5.41) is 21.3. The summed E-state index contributed by atoms with van der Waals surface area (Å²) in [4.78, 5) is 0. The lowest BCUT2D eigenvalue weighted by Crippen LogP contribution is -2.25. The number of nitrogens with one attached hydrogen (secondary N) is 1. The van der Waals surface area contributed by atoms with Gasteiger partial charge in [-0.15, -0.1) is 0 Å². The van der Waals surface area contributed by atoms with Crippen LogP contribution in [0.15, 0.2) is 40.8 Å². The second kappa shape index (κ2) is 6.78. The Balaban J connectivity index is 1.74. The van der Waals surface area contributed by atoms with Gasteiger partial charge in [0.2, 0.25) is 5.76 Å². The molecule has 2 N–H and O–H groups in total. The lowest BCUT2D eigenvalue weighted by Gasteiger charge is -2.12. The van der Waals surface area contributed by atoms with Gasteiger partial charge in [0.1, 0.15) is 17.6 Å². The maximum atomic E-state index is 9.22. The molecule has 0 amide bonds. The Morgan fingerprint density at radius 2 is 2.00 bits per heavy atom. The molecule has 1 unspecified atom stereocenters. The van der Waals surface area contributed by atoms with Crippen LogP contribution in [-0.4, -0.2) is 11.1 Å². The molecule has 0 fully saturated rings. The second-order valence-corrected chi connectivity index (χ2v) is 4.86. The highest BCUT2D eigenvalue weighted by Gasteiger charge is 2.05. The molecule has 0 bridgehead atoms. The van der Waals surface area contributed by atoms with Crippen LogP contribution in [0.4, 0.5) is 0 Å². The van der Waals surface area contributed by atoms with Crippen LogP contribution in [0, 0.1) is 11.3 Å². The van der Waals surface area contributed by atoms with E-state index in [2.05, 4.69) is 12.2 Å². The molecule has 20 heavy (non-hydrogen) atoms. The summed E-state index contributed by atoms with van der Waals surface area (Å²) in [6.45, 7) is 2.74. The van der Waals surface area contributed by atoms with E-state index >= 15 is 0 Å². The maximum absolute atomic E-state index is 9.22. The zero-order valence-corrected chi connectivity index (χ0v) is 11.5. The van der Waals surface area contributed by atoms with Gasteiger partial charge in [-0.1, -0.05) is 12.1 Å². The Hall–Kier alpha value is -2.25. The number of aryl methyl sites for hydroxylation is 1. The van der Waals surface area contributed by atoms with Gasteiger partial charge in [0.25, 0.3) is 0 Å². The minimum absolute atomic E-state index is 0.297. The van der Waals surface area contributed by atoms with Crippen LogP contribution in [0.1, 0.15) is 30.4 Å². The van der Waals surface area contributed by atoms with Crippen LogP contribution < -0.4 is 5.32 Å². The quantitative estimate of drug-likeness (QED) is 0.846. The number of phenols is 1. The number of furan rings is 1. The molecule has 0 radical (unpaired) electrons. The molecule has 0 spiro atoms. The Bertz CT molecular complexity index is 581. The highest BCUT2D eigenvalue weighted by molar-refractivity contribution is 5.26. The molecular weight excluding hydrogens is 252 g/mol. The van der Waals surface area contributed by atoms with E-state index in [0.29, 0.717) is 24.1 Å². The normalized spacial score (nSPS) is 12.0. The van der Waals surface area contributed by atoms with Gasteiger partial charge in [-0.2, -0.15) is 5.26 Å². The average molecular weight is 270 g/mol. The number of hydrogen-bond acceptors (Lipinski definition) is 4. The summed E-state index contributed by atoms with van der Waals surface area (Å²) in [7, 11) is 0. The van der Waals surface area contributed by atoms with E-state index in [1.54, 1.807) is 18.2 Å². The van der Waals surface area contributed by atoms with E-state index in [4.69, 9.17) is 9.68 Å². The van der Waals surface area contributed by atoms with Crippen molar-refractivity contribution in [3.63, 3.8) is 0 Å². The molecule has 104 valence electrons. The van der Waals surface area contributed by atoms with E-state index in [1.165, 1.54) is 5.56 Å². The number of hydrogen-bond donors (Lipinski definition) is 2. The molecule has 0 aliphatic carbocycles. The smallest absolute Gasteiger partial charge is 0.203 e. The van der Waals surface area contributed by atoms with Gasteiger partial charge in [-0.3, -0.25) is 0 Å². The Morgan fingerprint density at radius 3 is 2.65 bits per heavy atom. The monoisotopic (exact) mass is 270 g/mol. The fourth-order valence-corrected chi connectivity index (χ4v) is 1.96. The third-order valence-corrected chi connectivity index (χ3v) is 3.20. The number of nitrogens with zero attached hydrogens (tertiary/aromatic N) is 1. The van der Waals surface area contributed by atoms with Crippen LogP contribution in [0.3, 0.4) is 0 Å². The largest absolute Gasteiger partial charge is 0.508 e. The fraction of sp³-hybridized carbons (Fsp3) is 0.312. The van der Waals surface area contributed by atoms with E-state index < -0.39 is 0 Å². The predicted molar refractivity (Wildman–Crippen MR) is 76.2 cm³/mol. The van der Waals surface area contributed by atoms with Gasteiger partial charge in [-0.05, 0) is 49.6 Å². The Kier molecular flexibility index (Phi) is 4.80. The van der Waals surface area contributed by atoms with Crippen molar-refractivity contribution in [2.24, 2.45) is 0 Å². The minimum Gasteiger partial charge on any atom is -0.508 e. The molecule has 4 nitrogen and oxygen atoms in total. The van der Waals surface area contributed by atoms with E-state index in [1.807, 2.05) is 24.3 Å². The van der Waals surface area contributed by atoms with Gasteiger partial charge >= 0.3 is 0 Å². The van der Waals surface area contributed by atoms with Gasteiger partial charge in [0.05, 0.1) is 6.54 Å². The van der Waals surface area contributed by atoms with E-state index in [0.717, 1.165) is 18.6 Å². The van der Waals surface area contributed by atoms with Crippen LogP contribution in [0.25, 0.3) is 0 Å². The first-order valence-corrected chi connectivity index (χ1v) is 6.67. The highest BCUT2D eigenvalue weighted by atomic mass is 16.3. The van der Waals surface area contributed by atoms with Crippen molar-refractivity contribution < 1.29 is 9.52 Å². The standard InChI is InChI=1S/C16H18N2O2/c1-12(2-3-13-4-6-14(19)7-5-13)18-11-16-9-8-15(10-17)20-16/h4-9,12,18-19H,2-3,11H2,1H3. The van der Waals surface area contributed by atoms with Gasteiger partial charge < -0.3 is 14.8 Å². The van der Waals surface area contributed by atoms with Crippen molar-refractivity contribution in [2.45, 2.75) is 32.4 Å². The summed E-state index contributed by atoms with van der Waals surface area (Å²) < 4.78 is 5.31. The van der Waals surface area contributed by atoms with E-state index in [-0.39, 0.29) is 0 Å². The first-order chi connectivity index (χ1) is 9.67. The van der Waals surface area contributed by atoms with Crippen molar-refractivity contribution in [1.82, 2.24) is 5.32 Å². The average Bonchev–Trinajstić information content (AvgIpc) is 2.92. The molecule has 0 saturated carbocycles. The van der Waals surface area contributed by atoms with Gasteiger partial charge in [0, 0.05) is 6.04 Å². The molecule has 0 saturated heterocycles. The van der Waals surface area contributed by atoms with Crippen molar-refractivity contribution >= 4 is 0 Å². The maximum Gasteiger partial charge on any atom is 0.203 e. The number of rotatable bonds is 6. The molecule has 1 heterocycles. The molecule has 1 aromatic carbocycles. The SMILES string of the molecule is CC(CCc1ccc(O)cc1)NCc1ccc(C#N)o1. The number of phenolic OH excluding ortho intramolecular Hbond substituents is 1. The molecule has 1 aromatic heterocycles. The topological polar surface area (TPSA) is 69.2 Å². The minimum atomic E-state index is 0.297. The van der Waals surface area contributed by atoms with Crippen LogP contribution in [0.5, 0.6) is 5.75 Å². The summed E-state index contributed by atoms with van der Waals surface area (Å²) in [6, 6.07) is 13.1. The molecule has 1 atom stereocenters. The zero-order chi connectivity index (χ0) is 14.4. The molecule has 0 aliphatic rings. The third-order valence-electron chi connectivity index (χ3n) is 3.20. The van der Waals surface area contributed by atoms with Crippen LogP contribution in [0.2, 0.25) is 0 Å². The third kappa shape index (κ3) is 4.15. The second-order valence-electron chi connectivity index (χ2n) is 4.86. The number of nitriles is 1. The predicted octanol–water partition coefficient (Wildman–Crippen LogP) is 2.97. The summed E-state index contributed by atoms with van der Waals surface area (Å²) in [6.07, 6.45) is 1.95. The summed E-state index contributed by atoms with van der Waals surface area (Å²) >= 11 is 0. The van der Waals surface area contributed by atoms with Gasteiger partial charge in [-0.25, -0.2) is 0 Å². The highest BCUT2D eigenvalue weighted by Crippen LogP contribution is 2.12. The lowest BCUT2D eigenvalue weighted by atomic mass is 10.1. The van der Waals surface area contributed by atoms with Crippen LogP contribution in [-0.2, 0) is 13.0 Å². The molecule has 2 rings (SSSR count). The zero-order valence-electron chi connectivity index (χ0n) is 11.5. The molecule has 2 aromatic rings. The first-order valence-electron chi connectivity index (χ1n) is 6.67. The van der Waals surface area contributed by atoms with Gasteiger partial charge in [0.15, 0.2) is 0 Å². The van der Waals surface area contributed by atoms with Crippen LogP contribution >= 0.6 is 0 Å².